The molecule has 1 aliphatic heterocycles. The van der Waals surface area contributed by atoms with Crippen LogP contribution in [0.25, 0.3) is 22.8 Å². The molecule has 1 heterocycles. The summed E-state index contributed by atoms with van der Waals surface area (Å²) in [6, 6.07) is 36.5. The maximum atomic E-state index is 9.68. The molecule has 0 saturated carbocycles. The lowest BCUT2D eigenvalue weighted by molar-refractivity contribution is 0.162. The fourth-order valence-corrected chi connectivity index (χ4v) is 5.04. The first-order valence-corrected chi connectivity index (χ1v) is 11.1. The van der Waals surface area contributed by atoms with Gasteiger partial charge in [0.15, 0.2) is 5.60 Å². The standard InChI is InChI=1S/C31H18N2O/c32-19-22(20-33)28-25-13-7-8-14-26(25)29-27(28)16-15-21-17-18-31(34-30(21)29,23-9-3-1-4-10-23)24-11-5-2-6-12-24/h1-18H. The van der Waals surface area contributed by atoms with Crippen LogP contribution in [-0.4, -0.2) is 0 Å². The van der Waals surface area contributed by atoms with Crippen LogP contribution < -0.4 is 4.74 Å². The normalized spacial score (nSPS) is 14.1. The topological polar surface area (TPSA) is 56.8 Å². The van der Waals surface area contributed by atoms with Gasteiger partial charge in [-0.1, -0.05) is 103 Å². The average Bonchev–Trinajstić information content (AvgIpc) is 3.25. The molecule has 0 N–H and O–H groups in total. The van der Waals surface area contributed by atoms with Crippen molar-refractivity contribution in [3.05, 3.63) is 137 Å². The fourth-order valence-electron chi connectivity index (χ4n) is 5.04. The molecule has 2 aliphatic rings. The zero-order valence-corrected chi connectivity index (χ0v) is 18.2. The minimum Gasteiger partial charge on any atom is -0.472 e. The predicted octanol–water partition coefficient (Wildman–Crippen LogP) is 6.87. The summed E-state index contributed by atoms with van der Waals surface area (Å²) >= 11 is 0. The van der Waals surface area contributed by atoms with Crippen molar-refractivity contribution in [2.75, 3.05) is 0 Å². The Morgan fingerprint density at radius 2 is 1.24 bits per heavy atom. The molecule has 158 valence electrons. The van der Waals surface area contributed by atoms with Gasteiger partial charge in [-0.15, -0.1) is 0 Å². The zero-order chi connectivity index (χ0) is 23.1. The van der Waals surface area contributed by atoms with Gasteiger partial charge in [0.2, 0.25) is 0 Å². The number of hydrogen-bond donors (Lipinski definition) is 0. The van der Waals surface area contributed by atoms with Gasteiger partial charge < -0.3 is 4.74 Å². The number of ether oxygens (including phenoxy) is 1. The van der Waals surface area contributed by atoms with E-state index in [0.717, 1.165) is 44.7 Å². The van der Waals surface area contributed by atoms with Crippen LogP contribution in [0, 0.1) is 22.7 Å². The zero-order valence-electron chi connectivity index (χ0n) is 18.2. The molecular weight excluding hydrogens is 416 g/mol. The summed E-state index contributed by atoms with van der Waals surface area (Å²) in [6.45, 7) is 0. The molecule has 0 aromatic heterocycles. The molecule has 0 unspecified atom stereocenters. The average molecular weight is 434 g/mol. The molecule has 0 spiro atoms. The van der Waals surface area contributed by atoms with Gasteiger partial charge in [-0.2, -0.15) is 10.5 Å². The van der Waals surface area contributed by atoms with E-state index in [-0.39, 0.29) is 5.57 Å². The maximum Gasteiger partial charge on any atom is 0.178 e. The van der Waals surface area contributed by atoms with Gasteiger partial charge in [0.25, 0.3) is 0 Å². The van der Waals surface area contributed by atoms with Crippen LogP contribution in [0.2, 0.25) is 0 Å². The van der Waals surface area contributed by atoms with Gasteiger partial charge in [0, 0.05) is 27.8 Å². The third kappa shape index (κ3) is 2.75. The van der Waals surface area contributed by atoms with Crippen molar-refractivity contribution in [3.8, 4) is 29.0 Å². The van der Waals surface area contributed by atoms with Crippen LogP contribution in [0.3, 0.4) is 0 Å². The molecule has 0 bridgehead atoms. The van der Waals surface area contributed by atoms with Gasteiger partial charge in [-0.25, -0.2) is 0 Å². The molecule has 0 amide bonds. The summed E-state index contributed by atoms with van der Waals surface area (Å²) in [5, 5.41) is 19.4. The van der Waals surface area contributed by atoms with Crippen LogP contribution in [-0.2, 0) is 5.60 Å². The summed E-state index contributed by atoms with van der Waals surface area (Å²) in [5.74, 6) is 0.755. The maximum absolute atomic E-state index is 9.68. The lowest BCUT2D eigenvalue weighted by Gasteiger charge is -2.37. The molecule has 0 saturated heterocycles. The van der Waals surface area contributed by atoms with Gasteiger partial charge in [0.1, 0.15) is 23.5 Å². The van der Waals surface area contributed by atoms with Gasteiger partial charge in [0.05, 0.1) is 0 Å². The Kier molecular flexibility index (Phi) is 4.44. The van der Waals surface area contributed by atoms with E-state index in [1.54, 1.807) is 0 Å². The van der Waals surface area contributed by atoms with E-state index in [1.165, 1.54) is 0 Å². The van der Waals surface area contributed by atoms with Crippen LogP contribution in [0.1, 0.15) is 27.8 Å². The van der Waals surface area contributed by atoms with E-state index >= 15 is 0 Å². The van der Waals surface area contributed by atoms with Crippen molar-refractivity contribution >= 4 is 11.6 Å². The van der Waals surface area contributed by atoms with Crippen LogP contribution >= 0.6 is 0 Å². The third-order valence-electron chi connectivity index (χ3n) is 6.56. The first kappa shape index (κ1) is 19.8. The molecule has 0 fully saturated rings. The Morgan fingerprint density at radius 3 is 1.85 bits per heavy atom. The van der Waals surface area contributed by atoms with E-state index in [9.17, 15) is 10.5 Å². The van der Waals surface area contributed by atoms with E-state index < -0.39 is 5.60 Å². The lowest BCUT2D eigenvalue weighted by atomic mass is 9.83. The summed E-state index contributed by atoms with van der Waals surface area (Å²) in [5.41, 5.74) is 6.61. The van der Waals surface area contributed by atoms with Crippen molar-refractivity contribution < 1.29 is 4.74 Å². The first-order chi connectivity index (χ1) is 16.8. The lowest BCUT2D eigenvalue weighted by Crippen LogP contribution is -2.34. The molecule has 34 heavy (non-hydrogen) atoms. The first-order valence-electron chi connectivity index (χ1n) is 11.1. The number of hydrogen-bond acceptors (Lipinski definition) is 3. The van der Waals surface area contributed by atoms with Crippen LogP contribution in [0.5, 0.6) is 5.75 Å². The quantitative estimate of drug-likeness (QED) is 0.285. The Labute approximate surface area is 198 Å². The summed E-state index contributed by atoms with van der Waals surface area (Å²) in [4.78, 5) is 0. The fraction of sp³-hybridized carbons (Fsp3) is 0.0323. The highest BCUT2D eigenvalue weighted by molar-refractivity contribution is 6.06. The van der Waals surface area contributed by atoms with Crippen LogP contribution in [0.4, 0.5) is 0 Å². The summed E-state index contributed by atoms with van der Waals surface area (Å²) < 4.78 is 7.01. The number of nitrogens with zero attached hydrogens (tertiary/aromatic N) is 2. The molecule has 0 atom stereocenters. The van der Waals surface area contributed by atoms with E-state index in [4.69, 9.17) is 4.74 Å². The monoisotopic (exact) mass is 434 g/mol. The SMILES string of the molecule is N#CC(C#N)=C1c2ccccc2-c2c1ccc1c2OC(c2ccccc2)(c2ccccc2)C=C1. The second kappa shape index (κ2) is 7.62. The predicted molar refractivity (Wildman–Crippen MR) is 132 cm³/mol. The molecule has 3 nitrogen and oxygen atoms in total. The van der Waals surface area contributed by atoms with Crippen LogP contribution in [0.15, 0.2) is 109 Å². The second-order valence-corrected chi connectivity index (χ2v) is 8.33. The highest BCUT2D eigenvalue weighted by atomic mass is 16.5. The highest BCUT2D eigenvalue weighted by Gasteiger charge is 2.40. The molecule has 4 aromatic carbocycles. The van der Waals surface area contributed by atoms with E-state index in [1.807, 2.05) is 72.8 Å². The van der Waals surface area contributed by atoms with Crippen molar-refractivity contribution in [2.24, 2.45) is 0 Å². The van der Waals surface area contributed by atoms with Gasteiger partial charge in [-0.3, -0.25) is 0 Å². The van der Waals surface area contributed by atoms with E-state index in [2.05, 4.69) is 48.6 Å². The Hall–Kier alpha value is -4.86. The Morgan fingerprint density at radius 1 is 0.647 bits per heavy atom. The van der Waals surface area contributed by atoms with Crippen molar-refractivity contribution in [1.82, 2.24) is 0 Å². The number of allylic oxidation sites excluding steroid dienone is 1. The van der Waals surface area contributed by atoms with Gasteiger partial charge in [-0.05, 0) is 22.8 Å². The molecular formula is C31H18N2O. The Bertz CT molecular complexity index is 1530. The third-order valence-corrected chi connectivity index (χ3v) is 6.56. The highest BCUT2D eigenvalue weighted by Crippen LogP contribution is 2.54. The Balaban J connectivity index is 1.66. The van der Waals surface area contributed by atoms with E-state index in [0.29, 0.717) is 5.57 Å². The molecule has 1 aliphatic carbocycles. The molecule has 4 aromatic rings. The second-order valence-electron chi connectivity index (χ2n) is 8.33. The molecule has 6 rings (SSSR count). The minimum atomic E-state index is -0.806. The minimum absolute atomic E-state index is 0.106. The number of fused-ring (bicyclic) bond motifs is 5. The van der Waals surface area contributed by atoms with Gasteiger partial charge >= 0.3 is 0 Å². The number of benzene rings is 4. The van der Waals surface area contributed by atoms with Crippen molar-refractivity contribution in [3.63, 3.8) is 0 Å². The van der Waals surface area contributed by atoms with Crippen molar-refractivity contribution in [2.45, 2.75) is 5.60 Å². The number of rotatable bonds is 2. The molecule has 3 heteroatoms. The largest absolute Gasteiger partial charge is 0.472 e. The molecule has 0 radical (unpaired) electrons. The van der Waals surface area contributed by atoms with Crippen molar-refractivity contribution in [1.29, 1.82) is 10.5 Å². The summed E-state index contributed by atoms with van der Waals surface area (Å²) in [6.07, 6.45) is 4.22. The summed E-state index contributed by atoms with van der Waals surface area (Å²) in [7, 11) is 0. The number of nitriles is 2. The smallest absolute Gasteiger partial charge is 0.178 e.